The first kappa shape index (κ1) is 14.8. The molecular formula is C13H16N4O4. The second kappa shape index (κ2) is 6.21. The highest BCUT2D eigenvalue weighted by molar-refractivity contribution is 5.71. The van der Waals surface area contributed by atoms with Crippen LogP contribution in [-0.2, 0) is 11.2 Å². The van der Waals surface area contributed by atoms with Gasteiger partial charge in [0, 0.05) is 6.42 Å². The van der Waals surface area contributed by atoms with Crippen LogP contribution >= 0.6 is 0 Å². The molecule has 21 heavy (non-hydrogen) atoms. The Labute approximate surface area is 121 Å². The van der Waals surface area contributed by atoms with Crippen molar-refractivity contribution >= 4 is 5.97 Å². The highest BCUT2D eigenvalue weighted by Gasteiger charge is 2.19. The van der Waals surface area contributed by atoms with E-state index in [-0.39, 0.29) is 0 Å². The molecule has 2 aromatic rings. The van der Waals surface area contributed by atoms with E-state index in [4.69, 9.17) is 14.6 Å². The molecule has 1 aromatic heterocycles. The molecule has 0 saturated heterocycles. The summed E-state index contributed by atoms with van der Waals surface area (Å²) in [5.74, 6) is 0.702. The molecule has 0 aliphatic heterocycles. The minimum atomic E-state index is -0.990. The van der Waals surface area contributed by atoms with Gasteiger partial charge in [-0.2, -0.15) is 0 Å². The number of nitrogens with zero attached hydrogens (tertiary/aromatic N) is 4. The Balaban J connectivity index is 2.27. The number of carbonyl (C=O) groups is 1. The van der Waals surface area contributed by atoms with Crippen molar-refractivity contribution < 1.29 is 19.4 Å². The van der Waals surface area contributed by atoms with Crippen LogP contribution < -0.4 is 9.47 Å². The average molecular weight is 292 g/mol. The normalized spacial score (nSPS) is 12.0. The smallest absolute Gasteiger partial charge is 0.328 e. The van der Waals surface area contributed by atoms with Gasteiger partial charge >= 0.3 is 5.97 Å². The van der Waals surface area contributed by atoms with Crippen molar-refractivity contribution in [2.75, 3.05) is 14.2 Å². The number of methoxy groups -OCH3 is 2. The number of ether oxygens (including phenoxy) is 2. The summed E-state index contributed by atoms with van der Waals surface area (Å²) >= 11 is 0. The van der Waals surface area contributed by atoms with E-state index in [2.05, 4.69) is 15.5 Å². The minimum Gasteiger partial charge on any atom is -0.493 e. The van der Waals surface area contributed by atoms with Crippen molar-refractivity contribution in [1.82, 2.24) is 20.2 Å². The Morgan fingerprint density at radius 2 is 2.05 bits per heavy atom. The fourth-order valence-electron chi connectivity index (χ4n) is 1.91. The van der Waals surface area contributed by atoms with E-state index < -0.39 is 12.0 Å². The Bertz CT molecular complexity index is 641. The zero-order chi connectivity index (χ0) is 15.4. The van der Waals surface area contributed by atoms with Crippen LogP contribution in [0, 0.1) is 0 Å². The van der Waals surface area contributed by atoms with Gasteiger partial charge in [0.05, 0.1) is 14.2 Å². The third-order valence-corrected chi connectivity index (χ3v) is 3.10. The van der Waals surface area contributed by atoms with Gasteiger partial charge in [-0.1, -0.05) is 6.07 Å². The van der Waals surface area contributed by atoms with Gasteiger partial charge in [-0.05, 0) is 35.0 Å². The Hall–Kier alpha value is -2.64. The van der Waals surface area contributed by atoms with Crippen molar-refractivity contribution in [2.24, 2.45) is 0 Å². The molecule has 0 amide bonds. The van der Waals surface area contributed by atoms with Gasteiger partial charge in [0.1, 0.15) is 6.04 Å². The molecule has 0 aliphatic carbocycles. The van der Waals surface area contributed by atoms with Crippen LogP contribution in [0.5, 0.6) is 11.5 Å². The number of hydrogen-bond acceptors (Lipinski definition) is 6. The second-order valence-corrected chi connectivity index (χ2v) is 4.42. The fourth-order valence-corrected chi connectivity index (χ4v) is 1.91. The first-order valence-corrected chi connectivity index (χ1v) is 6.27. The maximum atomic E-state index is 11.0. The van der Waals surface area contributed by atoms with E-state index in [9.17, 15) is 4.79 Å². The van der Waals surface area contributed by atoms with Crippen LogP contribution in [0.25, 0.3) is 0 Å². The number of aromatic nitrogens is 4. The van der Waals surface area contributed by atoms with Gasteiger partial charge in [0.15, 0.2) is 17.3 Å². The van der Waals surface area contributed by atoms with Gasteiger partial charge in [-0.3, -0.25) is 0 Å². The molecule has 0 radical (unpaired) electrons. The topological polar surface area (TPSA) is 99.4 Å². The number of tetrazole rings is 1. The number of rotatable bonds is 6. The molecule has 1 unspecified atom stereocenters. The SMILES string of the molecule is COc1ccc(Cc2nnnn2C(C)C(=O)O)cc1OC. The van der Waals surface area contributed by atoms with Crippen LogP contribution in [0.4, 0.5) is 0 Å². The number of carboxylic acid groups (broad SMARTS) is 1. The lowest BCUT2D eigenvalue weighted by molar-refractivity contribution is -0.140. The molecule has 112 valence electrons. The van der Waals surface area contributed by atoms with Gasteiger partial charge in [0.2, 0.25) is 0 Å². The lowest BCUT2D eigenvalue weighted by Crippen LogP contribution is -2.19. The van der Waals surface area contributed by atoms with E-state index in [1.54, 1.807) is 20.3 Å². The summed E-state index contributed by atoms with van der Waals surface area (Å²) in [5, 5.41) is 20.2. The molecule has 1 aromatic carbocycles. The van der Waals surface area contributed by atoms with Crippen LogP contribution in [0.1, 0.15) is 24.4 Å². The number of aliphatic carboxylic acids is 1. The second-order valence-electron chi connectivity index (χ2n) is 4.42. The maximum absolute atomic E-state index is 11.0. The molecule has 8 nitrogen and oxygen atoms in total. The summed E-state index contributed by atoms with van der Waals surface area (Å²) < 4.78 is 11.7. The van der Waals surface area contributed by atoms with Gasteiger partial charge < -0.3 is 14.6 Å². The van der Waals surface area contributed by atoms with E-state index in [1.165, 1.54) is 11.6 Å². The molecule has 2 rings (SSSR count). The molecule has 0 bridgehead atoms. The van der Waals surface area contributed by atoms with Crippen molar-refractivity contribution in [3.8, 4) is 11.5 Å². The van der Waals surface area contributed by atoms with Gasteiger partial charge in [-0.15, -0.1) is 5.10 Å². The number of benzene rings is 1. The molecule has 0 aliphatic rings. The van der Waals surface area contributed by atoms with Crippen molar-refractivity contribution in [3.63, 3.8) is 0 Å². The predicted molar refractivity (Wildman–Crippen MR) is 72.5 cm³/mol. The quantitative estimate of drug-likeness (QED) is 0.845. The largest absolute Gasteiger partial charge is 0.493 e. The Kier molecular flexibility index (Phi) is 4.36. The summed E-state index contributed by atoms with van der Waals surface area (Å²) in [6.07, 6.45) is 0.394. The van der Waals surface area contributed by atoms with E-state index in [1.807, 2.05) is 12.1 Å². The molecule has 0 saturated carbocycles. The lowest BCUT2D eigenvalue weighted by atomic mass is 10.1. The highest BCUT2D eigenvalue weighted by Crippen LogP contribution is 2.28. The molecule has 0 spiro atoms. The summed E-state index contributed by atoms with van der Waals surface area (Å²) in [6.45, 7) is 1.52. The van der Waals surface area contributed by atoms with Crippen molar-refractivity contribution in [1.29, 1.82) is 0 Å². The lowest BCUT2D eigenvalue weighted by Gasteiger charge is -2.11. The summed E-state index contributed by atoms with van der Waals surface area (Å²) in [5.41, 5.74) is 0.890. The zero-order valence-corrected chi connectivity index (χ0v) is 12.0. The number of hydrogen-bond donors (Lipinski definition) is 1. The Morgan fingerprint density at radius 1 is 1.33 bits per heavy atom. The maximum Gasteiger partial charge on any atom is 0.328 e. The molecule has 8 heteroatoms. The van der Waals surface area contributed by atoms with Crippen molar-refractivity contribution in [3.05, 3.63) is 29.6 Å². The Morgan fingerprint density at radius 3 is 2.67 bits per heavy atom. The predicted octanol–water partition coefficient (Wildman–Crippen LogP) is 0.927. The van der Waals surface area contributed by atoms with Crippen LogP contribution in [0.2, 0.25) is 0 Å². The van der Waals surface area contributed by atoms with Crippen LogP contribution in [0.15, 0.2) is 18.2 Å². The molecular weight excluding hydrogens is 276 g/mol. The molecule has 1 N–H and O–H groups in total. The minimum absolute atomic E-state index is 0.394. The summed E-state index contributed by atoms with van der Waals surface area (Å²) in [6, 6.07) is 4.62. The molecule has 1 atom stereocenters. The van der Waals surface area contributed by atoms with Gasteiger partial charge in [-0.25, -0.2) is 9.48 Å². The van der Waals surface area contributed by atoms with E-state index >= 15 is 0 Å². The summed E-state index contributed by atoms with van der Waals surface area (Å²) in [4.78, 5) is 11.0. The molecule has 1 heterocycles. The van der Waals surface area contributed by atoms with Crippen LogP contribution in [0.3, 0.4) is 0 Å². The van der Waals surface area contributed by atoms with Gasteiger partial charge in [0.25, 0.3) is 0 Å². The molecule has 0 fully saturated rings. The van der Waals surface area contributed by atoms with Crippen LogP contribution in [-0.4, -0.2) is 45.5 Å². The standard InChI is InChI=1S/C13H16N4O4/c1-8(13(18)19)17-12(14-15-16-17)7-9-4-5-10(20-2)11(6-9)21-3/h4-6,8H,7H2,1-3H3,(H,18,19). The van der Waals surface area contributed by atoms with E-state index in [0.29, 0.717) is 23.7 Å². The monoisotopic (exact) mass is 292 g/mol. The number of carboxylic acids is 1. The third kappa shape index (κ3) is 3.10. The van der Waals surface area contributed by atoms with E-state index in [0.717, 1.165) is 5.56 Å². The summed E-state index contributed by atoms with van der Waals surface area (Å²) in [7, 11) is 3.12. The first-order chi connectivity index (χ1) is 10.1. The fraction of sp³-hybridized carbons (Fsp3) is 0.385. The zero-order valence-electron chi connectivity index (χ0n) is 12.0. The average Bonchev–Trinajstić information content (AvgIpc) is 2.94. The highest BCUT2D eigenvalue weighted by atomic mass is 16.5. The third-order valence-electron chi connectivity index (χ3n) is 3.10. The van der Waals surface area contributed by atoms with Crippen molar-refractivity contribution in [2.45, 2.75) is 19.4 Å². The first-order valence-electron chi connectivity index (χ1n) is 6.27.